The van der Waals surface area contributed by atoms with E-state index in [4.69, 9.17) is 16.3 Å². The summed E-state index contributed by atoms with van der Waals surface area (Å²) in [6.07, 6.45) is 6.16. The molecular formula is C18H26ClNO. The second-order valence-electron chi connectivity index (χ2n) is 6.68. The minimum Gasteiger partial charge on any atom is -0.375 e. The maximum atomic E-state index is 6.34. The summed E-state index contributed by atoms with van der Waals surface area (Å²) in [5, 5.41) is 4.56. The van der Waals surface area contributed by atoms with Crippen molar-refractivity contribution < 1.29 is 4.74 Å². The van der Waals surface area contributed by atoms with Crippen molar-refractivity contribution in [1.29, 1.82) is 0 Å². The zero-order chi connectivity index (χ0) is 14.9. The molecule has 2 atom stereocenters. The molecule has 1 aromatic carbocycles. The largest absolute Gasteiger partial charge is 0.375 e. The van der Waals surface area contributed by atoms with Crippen LogP contribution in [0.25, 0.3) is 0 Å². The van der Waals surface area contributed by atoms with Crippen molar-refractivity contribution in [2.24, 2.45) is 5.92 Å². The van der Waals surface area contributed by atoms with E-state index in [0.717, 1.165) is 30.2 Å². The average Bonchev–Trinajstić information content (AvgIpc) is 2.46. The predicted octanol–water partition coefficient (Wildman–Crippen LogP) is 4.65. The van der Waals surface area contributed by atoms with Gasteiger partial charge in [-0.05, 0) is 68.7 Å². The quantitative estimate of drug-likeness (QED) is 0.874. The second kappa shape index (κ2) is 6.28. The number of aryl methyl sites for hydroxylation is 1. The van der Waals surface area contributed by atoms with Crippen molar-refractivity contribution in [3.05, 3.63) is 34.3 Å². The van der Waals surface area contributed by atoms with Crippen LogP contribution in [0.3, 0.4) is 0 Å². The topological polar surface area (TPSA) is 21.3 Å². The number of ether oxygens (including phenoxy) is 1. The van der Waals surface area contributed by atoms with Gasteiger partial charge in [-0.15, -0.1) is 0 Å². The SMILES string of the molecule is CCNC(c1ccc(C)c(Cl)c1)C1CCOC2(CCC2)C1. The van der Waals surface area contributed by atoms with E-state index in [-0.39, 0.29) is 5.60 Å². The van der Waals surface area contributed by atoms with Gasteiger partial charge in [-0.25, -0.2) is 0 Å². The number of halogens is 1. The fourth-order valence-corrected chi connectivity index (χ4v) is 4.04. The van der Waals surface area contributed by atoms with Crippen molar-refractivity contribution in [1.82, 2.24) is 5.32 Å². The molecule has 3 rings (SSSR count). The minimum absolute atomic E-state index is 0.199. The molecular weight excluding hydrogens is 282 g/mol. The summed E-state index contributed by atoms with van der Waals surface area (Å²) < 4.78 is 6.08. The Balaban J connectivity index is 1.81. The maximum absolute atomic E-state index is 6.34. The van der Waals surface area contributed by atoms with Gasteiger partial charge in [-0.2, -0.15) is 0 Å². The lowest BCUT2D eigenvalue weighted by Crippen LogP contribution is -2.48. The Kier molecular flexibility index (Phi) is 4.58. The monoisotopic (exact) mass is 307 g/mol. The minimum atomic E-state index is 0.199. The van der Waals surface area contributed by atoms with Crippen LogP contribution in [-0.4, -0.2) is 18.8 Å². The third-order valence-electron chi connectivity index (χ3n) is 5.25. The van der Waals surface area contributed by atoms with Gasteiger partial charge in [0.2, 0.25) is 0 Å². The molecule has 1 heterocycles. The number of hydrogen-bond acceptors (Lipinski definition) is 2. The van der Waals surface area contributed by atoms with Crippen LogP contribution in [0.2, 0.25) is 5.02 Å². The first kappa shape index (κ1) is 15.3. The van der Waals surface area contributed by atoms with E-state index in [1.807, 2.05) is 0 Å². The fourth-order valence-electron chi connectivity index (χ4n) is 3.85. The second-order valence-corrected chi connectivity index (χ2v) is 7.09. The number of nitrogens with one attached hydrogen (secondary N) is 1. The molecule has 1 aliphatic heterocycles. The van der Waals surface area contributed by atoms with Gasteiger partial charge in [0, 0.05) is 17.7 Å². The molecule has 1 spiro atoms. The molecule has 0 bridgehead atoms. The molecule has 2 unspecified atom stereocenters. The van der Waals surface area contributed by atoms with E-state index in [0.29, 0.717) is 12.0 Å². The van der Waals surface area contributed by atoms with Crippen LogP contribution in [0, 0.1) is 12.8 Å². The molecule has 116 valence electrons. The number of benzene rings is 1. The van der Waals surface area contributed by atoms with Gasteiger partial charge in [-0.1, -0.05) is 30.7 Å². The highest BCUT2D eigenvalue weighted by molar-refractivity contribution is 6.31. The lowest BCUT2D eigenvalue weighted by Gasteiger charge is -2.49. The summed E-state index contributed by atoms with van der Waals surface area (Å²) >= 11 is 6.34. The van der Waals surface area contributed by atoms with Crippen LogP contribution in [0.5, 0.6) is 0 Å². The summed E-state index contributed by atoms with van der Waals surface area (Å²) in [5.41, 5.74) is 2.68. The van der Waals surface area contributed by atoms with Gasteiger partial charge in [0.15, 0.2) is 0 Å². The van der Waals surface area contributed by atoms with Crippen LogP contribution in [0.4, 0.5) is 0 Å². The Morgan fingerprint density at radius 3 is 2.86 bits per heavy atom. The highest BCUT2D eigenvalue weighted by atomic mass is 35.5. The van der Waals surface area contributed by atoms with E-state index in [1.165, 1.54) is 31.2 Å². The van der Waals surface area contributed by atoms with Crippen molar-refractivity contribution in [3.8, 4) is 0 Å². The Morgan fingerprint density at radius 1 is 1.43 bits per heavy atom. The molecule has 3 heteroatoms. The summed E-state index contributed by atoms with van der Waals surface area (Å²) in [4.78, 5) is 0. The Morgan fingerprint density at radius 2 is 2.24 bits per heavy atom. The molecule has 2 aliphatic rings. The van der Waals surface area contributed by atoms with Crippen LogP contribution in [0.1, 0.15) is 56.2 Å². The van der Waals surface area contributed by atoms with Crippen molar-refractivity contribution in [3.63, 3.8) is 0 Å². The molecule has 2 fully saturated rings. The molecule has 1 aromatic rings. The maximum Gasteiger partial charge on any atom is 0.0686 e. The van der Waals surface area contributed by atoms with Crippen molar-refractivity contribution >= 4 is 11.6 Å². The zero-order valence-electron chi connectivity index (χ0n) is 13.1. The molecule has 21 heavy (non-hydrogen) atoms. The predicted molar refractivity (Wildman–Crippen MR) is 87.9 cm³/mol. The van der Waals surface area contributed by atoms with Gasteiger partial charge in [0.1, 0.15) is 0 Å². The first-order valence-electron chi connectivity index (χ1n) is 8.27. The van der Waals surface area contributed by atoms with Gasteiger partial charge in [0.05, 0.1) is 5.60 Å². The van der Waals surface area contributed by atoms with Crippen LogP contribution in [0.15, 0.2) is 18.2 Å². The Labute approximate surface area is 133 Å². The first-order valence-corrected chi connectivity index (χ1v) is 8.65. The smallest absolute Gasteiger partial charge is 0.0686 e. The highest BCUT2D eigenvalue weighted by Gasteiger charge is 2.44. The summed E-state index contributed by atoms with van der Waals surface area (Å²) in [6, 6.07) is 6.92. The van der Waals surface area contributed by atoms with Crippen molar-refractivity contribution in [2.75, 3.05) is 13.2 Å². The van der Waals surface area contributed by atoms with Crippen molar-refractivity contribution in [2.45, 2.75) is 57.6 Å². The average molecular weight is 308 g/mol. The molecule has 0 radical (unpaired) electrons. The number of rotatable bonds is 4. The van der Waals surface area contributed by atoms with E-state index in [1.54, 1.807) is 0 Å². The molecule has 0 aromatic heterocycles. The van der Waals surface area contributed by atoms with Crippen LogP contribution in [-0.2, 0) is 4.74 Å². The fraction of sp³-hybridized carbons (Fsp3) is 0.667. The normalized spacial score (nSPS) is 25.6. The molecule has 1 aliphatic carbocycles. The number of hydrogen-bond donors (Lipinski definition) is 1. The summed E-state index contributed by atoms with van der Waals surface area (Å²) in [6.45, 7) is 6.14. The molecule has 0 amide bonds. The van der Waals surface area contributed by atoms with E-state index >= 15 is 0 Å². The summed E-state index contributed by atoms with van der Waals surface area (Å²) in [5.74, 6) is 0.651. The van der Waals surface area contributed by atoms with E-state index in [9.17, 15) is 0 Å². The van der Waals surface area contributed by atoms with Crippen LogP contribution < -0.4 is 5.32 Å². The lowest BCUT2D eigenvalue weighted by atomic mass is 9.69. The highest BCUT2D eigenvalue weighted by Crippen LogP contribution is 2.47. The van der Waals surface area contributed by atoms with E-state index in [2.05, 4.69) is 37.4 Å². The first-order chi connectivity index (χ1) is 10.1. The van der Waals surface area contributed by atoms with Crippen LogP contribution >= 0.6 is 11.6 Å². The molecule has 1 saturated carbocycles. The molecule has 1 N–H and O–H groups in total. The molecule has 2 nitrogen and oxygen atoms in total. The third kappa shape index (κ3) is 3.13. The van der Waals surface area contributed by atoms with Gasteiger partial charge in [-0.3, -0.25) is 0 Å². The van der Waals surface area contributed by atoms with E-state index < -0.39 is 0 Å². The third-order valence-corrected chi connectivity index (χ3v) is 5.65. The lowest BCUT2D eigenvalue weighted by molar-refractivity contribution is -0.147. The van der Waals surface area contributed by atoms with Gasteiger partial charge >= 0.3 is 0 Å². The Bertz CT molecular complexity index is 498. The van der Waals surface area contributed by atoms with Gasteiger partial charge in [0.25, 0.3) is 0 Å². The zero-order valence-corrected chi connectivity index (χ0v) is 13.9. The Hall–Kier alpha value is -0.570. The molecule has 1 saturated heterocycles. The van der Waals surface area contributed by atoms with Gasteiger partial charge < -0.3 is 10.1 Å². The standard InChI is InChI=1S/C18H26ClNO/c1-3-20-17(14-6-5-13(2)16(19)11-14)15-7-10-21-18(12-15)8-4-9-18/h5-6,11,15,17,20H,3-4,7-10,12H2,1-2H3. The summed E-state index contributed by atoms with van der Waals surface area (Å²) in [7, 11) is 0.